The van der Waals surface area contributed by atoms with Gasteiger partial charge in [-0.3, -0.25) is 18.3 Å². The molecule has 1 aromatic heterocycles. The fourth-order valence-corrected chi connectivity index (χ4v) is 4.25. The lowest BCUT2D eigenvalue weighted by Gasteiger charge is -2.29. The molecule has 7 nitrogen and oxygen atoms in total. The summed E-state index contributed by atoms with van der Waals surface area (Å²) in [6.07, 6.45) is 7.26. The van der Waals surface area contributed by atoms with Gasteiger partial charge in [-0.25, -0.2) is 0 Å². The van der Waals surface area contributed by atoms with Crippen LogP contribution in [-0.2, 0) is 11.3 Å². The second kappa shape index (κ2) is 10.2. The summed E-state index contributed by atoms with van der Waals surface area (Å²) in [5.74, 6) is 2.40. The van der Waals surface area contributed by atoms with Gasteiger partial charge < -0.3 is 14.6 Å². The van der Waals surface area contributed by atoms with Gasteiger partial charge in [-0.2, -0.15) is 0 Å². The van der Waals surface area contributed by atoms with Crippen LogP contribution in [-0.4, -0.2) is 26.8 Å². The van der Waals surface area contributed by atoms with E-state index in [0.717, 1.165) is 15.3 Å². The summed E-state index contributed by atoms with van der Waals surface area (Å²) >= 11 is -2.76. The number of hydrogen-bond acceptors (Lipinski definition) is 5. The molecule has 0 saturated carbocycles. The second-order valence-electron chi connectivity index (χ2n) is 7.23. The third-order valence-electron chi connectivity index (χ3n) is 5.22. The van der Waals surface area contributed by atoms with Gasteiger partial charge in [0.1, 0.15) is 11.8 Å². The van der Waals surface area contributed by atoms with Crippen LogP contribution in [0.2, 0.25) is 0 Å². The molecule has 34 heavy (non-hydrogen) atoms. The minimum Gasteiger partial charge on any atom is -0.755 e. The Hall–Kier alpha value is -4.19. The van der Waals surface area contributed by atoms with E-state index in [1.807, 2.05) is 30.3 Å². The van der Waals surface area contributed by atoms with E-state index in [0.29, 0.717) is 17.0 Å². The lowest BCUT2D eigenvalue weighted by atomic mass is 10.1. The Labute approximate surface area is 199 Å². The Balaban J connectivity index is 1.82. The van der Waals surface area contributed by atoms with Gasteiger partial charge in [0.2, 0.25) is 0 Å². The molecule has 4 aromatic rings. The molecule has 0 fully saturated rings. The van der Waals surface area contributed by atoms with Crippen LogP contribution in [0.25, 0.3) is 10.9 Å². The van der Waals surface area contributed by atoms with Crippen molar-refractivity contribution >= 4 is 39.5 Å². The number of ether oxygens (including phenoxy) is 1. The van der Waals surface area contributed by atoms with Crippen molar-refractivity contribution in [3.8, 4) is 18.1 Å². The summed E-state index contributed by atoms with van der Waals surface area (Å²) in [6.45, 7) is 0. The largest absolute Gasteiger partial charge is 0.755 e. The van der Waals surface area contributed by atoms with E-state index in [2.05, 4.69) is 16.2 Å². The Morgan fingerprint density at radius 2 is 1.85 bits per heavy atom. The Bertz CT molecular complexity index is 1400. The van der Waals surface area contributed by atoms with Crippen molar-refractivity contribution < 1.29 is 18.3 Å². The molecule has 0 aliphatic heterocycles. The number of terminal acetylenes is 1. The molecule has 2 unspecified atom stereocenters. The predicted molar refractivity (Wildman–Crippen MR) is 131 cm³/mol. The van der Waals surface area contributed by atoms with Gasteiger partial charge >= 0.3 is 0 Å². The van der Waals surface area contributed by atoms with Gasteiger partial charge in [0, 0.05) is 11.6 Å². The average Bonchev–Trinajstić information content (AvgIpc) is 2.88. The lowest BCUT2D eigenvalue weighted by molar-refractivity contribution is 0.0946. The molecule has 0 saturated heterocycles. The second-order valence-corrected chi connectivity index (χ2v) is 8.03. The number of benzene rings is 3. The summed E-state index contributed by atoms with van der Waals surface area (Å²) in [5.41, 5.74) is 1.72. The molecule has 8 heteroatoms. The quantitative estimate of drug-likeness (QED) is 0.321. The minimum atomic E-state index is -2.76. The zero-order chi connectivity index (χ0) is 24.1. The number of rotatable bonds is 7. The number of aromatic nitrogens is 1. The topological polar surface area (TPSA) is 94.6 Å². The van der Waals surface area contributed by atoms with Gasteiger partial charge in [-0.1, -0.05) is 54.5 Å². The number of nitrogens with zero attached hydrogens (tertiary/aromatic N) is 2. The van der Waals surface area contributed by atoms with E-state index in [1.54, 1.807) is 42.6 Å². The molecule has 0 aliphatic rings. The minimum absolute atomic E-state index is 0.0765. The van der Waals surface area contributed by atoms with Crippen molar-refractivity contribution in [3.63, 3.8) is 0 Å². The van der Waals surface area contributed by atoms with E-state index in [1.165, 1.54) is 19.2 Å². The van der Waals surface area contributed by atoms with Gasteiger partial charge in [0.15, 0.2) is 0 Å². The number of amides is 1. The number of anilines is 2. The fourth-order valence-electron chi connectivity index (χ4n) is 3.62. The number of pyridine rings is 1. The number of para-hydroxylation sites is 1. The highest BCUT2D eigenvalue weighted by Crippen LogP contribution is 2.36. The van der Waals surface area contributed by atoms with Crippen molar-refractivity contribution in [2.75, 3.05) is 11.4 Å². The molecule has 1 heterocycles. The van der Waals surface area contributed by atoms with Crippen LogP contribution in [0.4, 0.5) is 11.4 Å². The number of hydrogen-bond donors (Lipinski definition) is 1. The SMILES string of the molecule is C#CC(NC(=O)c1cc(OC)ccc1N(c1cccc2cccnc12)S(=O)[O-])c1ccccc1. The summed E-state index contributed by atoms with van der Waals surface area (Å²) in [5, 5.41) is 3.56. The molecule has 0 spiro atoms. The highest BCUT2D eigenvalue weighted by Gasteiger charge is 2.23. The average molecular weight is 471 g/mol. The van der Waals surface area contributed by atoms with Crippen LogP contribution < -0.4 is 14.4 Å². The summed E-state index contributed by atoms with van der Waals surface area (Å²) in [6, 6.07) is 21.7. The van der Waals surface area contributed by atoms with E-state index in [-0.39, 0.29) is 11.3 Å². The molecule has 170 valence electrons. The first-order valence-corrected chi connectivity index (χ1v) is 11.3. The standard InChI is InChI=1S/C26H21N3O4S/c1-3-22(18-9-5-4-6-10-18)28-26(30)21-17-20(33-2)14-15-23(21)29(34(31)32)24-13-7-11-19-12-8-16-27-25(19)24/h1,4-17,22H,2H3,(H,28,30)(H,31,32)/p-1. The number of methoxy groups -OCH3 is 1. The van der Waals surface area contributed by atoms with Gasteiger partial charge in [-0.15, -0.1) is 6.42 Å². The molecular formula is C26H20N3O4S-. The monoisotopic (exact) mass is 470 g/mol. The highest BCUT2D eigenvalue weighted by molar-refractivity contribution is 7.81. The van der Waals surface area contributed by atoms with Crippen molar-refractivity contribution in [2.24, 2.45) is 0 Å². The van der Waals surface area contributed by atoms with Crippen LogP contribution >= 0.6 is 0 Å². The third kappa shape index (κ3) is 4.62. The van der Waals surface area contributed by atoms with Gasteiger partial charge in [0.05, 0.1) is 40.8 Å². The molecule has 0 radical (unpaired) electrons. The van der Waals surface area contributed by atoms with E-state index in [9.17, 15) is 13.6 Å². The molecule has 0 bridgehead atoms. The summed E-state index contributed by atoms with van der Waals surface area (Å²) < 4.78 is 31.3. The normalized spacial score (nSPS) is 12.4. The highest BCUT2D eigenvalue weighted by atomic mass is 32.2. The smallest absolute Gasteiger partial charge is 0.254 e. The van der Waals surface area contributed by atoms with Crippen molar-refractivity contribution in [3.05, 3.63) is 96.2 Å². The predicted octanol–water partition coefficient (Wildman–Crippen LogP) is 4.28. The maximum absolute atomic E-state index is 13.4. The number of carbonyl (C=O) groups excluding carboxylic acids is 1. The molecule has 3 aromatic carbocycles. The Morgan fingerprint density at radius 3 is 2.56 bits per heavy atom. The summed E-state index contributed by atoms with van der Waals surface area (Å²) in [4.78, 5) is 17.7. The molecule has 4 rings (SSSR count). The van der Waals surface area contributed by atoms with Crippen molar-refractivity contribution in [2.45, 2.75) is 6.04 Å². The third-order valence-corrected chi connectivity index (χ3v) is 5.91. The molecule has 0 aliphatic carbocycles. The zero-order valence-electron chi connectivity index (χ0n) is 18.2. The first-order chi connectivity index (χ1) is 16.5. The number of fused-ring (bicyclic) bond motifs is 1. The van der Waals surface area contributed by atoms with E-state index < -0.39 is 23.2 Å². The fraction of sp³-hybridized carbons (Fsp3) is 0.0769. The van der Waals surface area contributed by atoms with Crippen LogP contribution in [0.15, 0.2) is 85.1 Å². The van der Waals surface area contributed by atoms with Crippen LogP contribution in [0.1, 0.15) is 22.0 Å². The zero-order valence-corrected chi connectivity index (χ0v) is 19.0. The van der Waals surface area contributed by atoms with Crippen LogP contribution in [0.5, 0.6) is 5.75 Å². The van der Waals surface area contributed by atoms with Crippen molar-refractivity contribution in [1.82, 2.24) is 10.3 Å². The molecule has 2 atom stereocenters. The first kappa shape index (κ1) is 23.0. The maximum Gasteiger partial charge on any atom is 0.254 e. The first-order valence-electron chi connectivity index (χ1n) is 10.3. The van der Waals surface area contributed by atoms with Gasteiger partial charge in [0.25, 0.3) is 5.91 Å². The van der Waals surface area contributed by atoms with E-state index in [4.69, 9.17) is 11.2 Å². The molecule has 1 N–H and O–H groups in total. The molecule has 1 amide bonds. The van der Waals surface area contributed by atoms with Gasteiger partial charge in [-0.05, 0) is 35.9 Å². The Kier molecular flexibility index (Phi) is 6.87. The van der Waals surface area contributed by atoms with Crippen LogP contribution in [0, 0.1) is 12.3 Å². The van der Waals surface area contributed by atoms with E-state index >= 15 is 0 Å². The van der Waals surface area contributed by atoms with Crippen molar-refractivity contribution in [1.29, 1.82) is 0 Å². The maximum atomic E-state index is 13.4. The lowest BCUT2D eigenvalue weighted by Crippen LogP contribution is -2.30. The summed E-state index contributed by atoms with van der Waals surface area (Å²) in [7, 11) is 1.46. The number of carbonyl (C=O) groups is 1. The number of nitrogens with one attached hydrogen (secondary N) is 1. The molecular weight excluding hydrogens is 450 g/mol. The Morgan fingerprint density at radius 1 is 1.09 bits per heavy atom. The van der Waals surface area contributed by atoms with Crippen LogP contribution in [0.3, 0.4) is 0 Å².